The van der Waals surface area contributed by atoms with E-state index in [1.165, 1.54) is 11.6 Å². The van der Waals surface area contributed by atoms with Gasteiger partial charge in [0.1, 0.15) is 5.82 Å². The molecule has 1 aromatic heterocycles. The monoisotopic (exact) mass is 414 g/mol. The average Bonchev–Trinajstić information content (AvgIpc) is 3.35. The second-order valence-electron chi connectivity index (χ2n) is 8.31. The lowest BCUT2D eigenvalue weighted by Gasteiger charge is -2.33. The fourth-order valence-corrected chi connectivity index (χ4v) is 4.79. The molecular weight excluding hydrogens is 383 g/mol. The van der Waals surface area contributed by atoms with Crippen LogP contribution in [0.5, 0.6) is 0 Å². The van der Waals surface area contributed by atoms with Crippen LogP contribution in [0.15, 0.2) is 46.1 Å². The predicted octanol–water partition coefficient (Wildman–Crippen LogP) is 4.14. The van der Waals surface area contributed by atoms with Gasteiger partial charge in [0.25, 0.3) is 0 Å². The zero-order valence-electron chi connectivity index (χ0n) is 17.2. The van der Waals surface area contributed by atoms with Gasteiger partial charge in [0.05, 0.1) is 6.54 Å². The van der Waals surface area contributed by atoms with E-state index in [2.05, 4.69) is 39.3 Å². The molecule has 1 aromatic carbocycles. The first-order valence-electron chi connectivity index (χ1n) is 10.7. The summed E-state index contributed by atoms with van der Waals surface area (Å²) in [6.07, 6.45) is 4.42. The largest absolute Gasteiger partial charge is 0.357 e. The first-order valence-corrected chi connectivity index (χ1v) is 11.7. The molecule has 156 valence electrons. The van der Waals surface area contributed by atoms with Crippen molar-refractivity contribution in [3.05, 3.63) is 58.0 Å². The van der Waals surface area contributed by atoms with E-state index in [-0.39, 0.29) is 11.2 Å². The molecular formula is C23H31FN4S. The second-order valence-corrected chi connectivity index (χ2v) is 9.09. The molecule has 0 amide bonds. The van der Waals surface area contributed by atoms with Gasteiger partial charge in [0.15, 0.2) is 5.96 Å². The molecule has 29 heavy (non-hydrogen) atoms. The van der Waals surface area contributed by atoms with E-state index in [0.717, 1.165) is 63.4 Å². The van der Waals surface area contributed by atoms with Crippen LogP contribution in [-0.2, 0) is 12.0 Å². The maximum atomic E-state index is 13.6. The Labute approximate surface area is 177 Å². The Morgan fingerprint density at radius 2 is 2.10 bits per heavy atom. The lowest BCUT2D eigenvalue weighted by molar-refractivity contribution is 0.198. The van der Waals surface area contributed by atoms with Gasteiger partial charge in [-0.2, -0.15) is 11.3 Å². The Bertz CT molecular complexity index is 808. The topological polar surface area (TPSA) is 39.7 Å². The van der Waals surface area contributed by atoms with Crippen molar-refractivity contribution in [1.82, 2.24) is 15.5 Å². The summed E-state index contributed by atoms with van der Waals surface area (Å²) in [4.78, 5) is 7.42. The zero-order valence-corrected chi connectivity index (χ0v) is 18.0. The maximum absolute atomic E-state index is 13.6. The maximum Gasteiger partial charge on any atom is 0.191 e. The summed E-state index contributed by atoms with van der Waals surface area (Å²) >= 11 is 1.77. The second kappa shape index (κ2) is 9.26. The Hall–Kier alpha value is -1.92. The van der Waals surface area contributed by atoms with Crippen molar-refractivity contribution in [1.29, 1.82) is 0 Å². The lowest BCUT2D eigenvalue weighted by atomic mass is 9.96. The number of aliphatic imine (C=N–C) groups is 1. The third kappa shape index (κ3) is 5.37. The summed E-state index contributed by atoms with van der Waals surface area (Å²) in [5, 5.41) is 11.4. The number of hydrogen-bond donors (Lipinski definition) is 2. The molecule has 1 aliphatic heterocycles. The highest BCUT2D eigenvalue weighted by Gasteiger charge is 2.44. The molecule has 0 atom stereocenters. The molecule has 4 rings (SSSR count). The van der Waals surface area contributed by atoms with Gasteiger partial charge in [-0.25, -0.2) is 4.39 Å². The summed E-state index contributed by atoms with van der Waals surface area (Å²) in [5.41, 5.74) is 2.52. The molecule has 0 spiro atoms. The number of likely N-dealkylation sites (tertiary alicyclic amines) is 1. The van der Waals surface area contributed by atoms with Crippen LogP contribution in [-0.4, -0.2) is 43.1 Å². The van der Waals surface area contributed by atoms with Gasteiger partial charge in [0, 0.05) is 37.6 Å². The molecule has 1 aliphatic carbocycles. The number of nitrogens with one attached hydrogen (secondary N) is 2. The number of benzene rings is 1. The van der Waals surface area contributed by atoms with E-state index in [4.69, 9.17) is 4.99 Å². The van der Waals surface area contributed by atoms with Gasteiger partial charge in [-0.3, -0.25) is 9.89 Å². The van der Waals surface area contributed by atoms with Crippen molar-refractivity contribution in [3.63, 3.8) is 0 Å². The van der Waals surface area contributed by atoms with Crippen LogP contribution in [0.1, 0.15) is 43.7 Å². The van der Waals surface area contributed by atoms with Gasteiger partial charge < -0.3 is 10.6 Å². The minimum absolute atomic E-state index is 0.0222. The molecule has 2 N–H and O–H groups in total. The summed E-state index contributed by atoms with van der Waals surface area (Å²) < 4.78 is 13.6. The van der Waals surface area contributed by atoms with Crippen LogP contribution >= 0.6 is 11.3 Å². The Morgan fingerprint density at radius 3 is 2.76 bits per heavy atom. The smallest absolute Gasteiger partial charge is 0.191 e. The number of nitrogens with zero attached hydrogens (tertiary/aromatic N) is 2. The van der Waals surface area contributed by atoms with Gasteiger partial charge >= 0.3 is 0 Å². The minimum Gasteiger partial charge on any atom is -0.357 e. The molecule has 2 heterocycles. The van der Waals surface area contributed by atoms with Crippen molar-refractivity contribution in [2.45, 2.75) is 50.6 Å². The molecule has 4 nitrogen and oxygen atoms in total. The number of hydrogen-bond acceptors (Lipinski definition) is 3. The van der Waals surface area contributed by atoms with E-state index >= 15 is 0 Å². The first-order chi connectivity index (χ1) is 14.2. The average molecular weight is 415 g/mol. The third-order valence-electron chi connectivity index (χ3n) is 6.09. The number of rotatable bonds is 7. The van der Waals surface area contributed by atoms with Crippen LogP contribution in [0.3, 0.4) is 0 Å². The summed E-state index contributed by atoms with van der Waals surface area (Å²) in [5.74, 6) is 0.739. The number of guanidine groups is 1. The zero-order chi connectivity index (χ0) is 20.1. The SMILES string of the molecule is CCNC(=NCC1(c2cccc(F)c2)CC1)NC1CCN(Cc2ccsc2)CC1. The lowest BCUT2D eigenvalue weighted by Crippen LogP contribution is -2.48. The van der Waals surface area contributed by atoms with Crippen LogP contribution in [0.2, 0.25) is 0 Å². The van der Waals surface area contributed by atoms with E-state index in [1.54, 1.807) is 17.4 Å². The highest BCUT2D eigenvalue weighted by atomic mass is 32.1. The van der Waals surface area contributed by atoms with Gasteiger partial charge in [0.2, 0.25) is 0 Å². The fourth-order valence-electron chi connectivity index (χ4n) is 4.13. The van der Waals surface area contributed by atoms with E-state index in [9.17, 15) is 4.39 Å². The fraction of sp³-hybridized carbons (Fsp3) is 0.522. The van der Waals surface area contributed by atoms with E-state index in [1.807, 2.05) is 12.1 Å². The number of piperidine rings is 1. The standard InChI is InChI=1S/C23H31FN4S/c1-2-25-22(26-17-23(9-10-23)19-4-3-5-20(24)14-19)27-21-6-11-28(12-7-21)15-18-8-13-29-16-18/h3-5,8,13-14,16,21H,2,6-7,9-12,15,17H2,1H3,(H2,25,26,27). The summed E-state index contributed by atoms with van der Waals surface area (Å²) in [6, 6.07) is 9.70. The summed E-state index contributed by atoms with van der Waals surface area (Å²) in [7, 11) is 0. The molecule has 2 aromatic rings. The Kier molecular flexibility index (Phi) is 6.50. The highest BCUT2D eigenvalue weighted by molar-refractivity contribution is 7.07. The molecule has 0 unspecified atom stereocenters. The van der Waals surface area contributed by atoms with Crippen LogP contribution in [0.25, 0.3) is 0 Å². The van der Waals surface area contributed by atoms with E-state index in [0.29, 0.717) is 12.6 Å². The van der Waals surface area contributed by atoms with Crippen molar-refractivity contribution in [2.75, 3.05) is 26.2 Å². The normalized spacial score (nSPS) is 19.9. The Balaban J connectivity index is 1.31. The molecule has 1 saturated carbocycles. The molecule has 2 fully saturated rings. The molecule has 1 saturated heterocycles. The van der Waals surface area contributed by atoms with E-state index < -0.39 is 0 Å². The Morgan fingerprint density at radius 1 is 1.28 bits per heavy atom. The number of thiophene rings is 1. The number of halogens is 1. The molecule has 0 bridgehead atoms. The van der Waals surface area contributed by atoms with Crippen LogP contribution in [0, 0.1) is 5.82 Å². The molecule has 2 aliphatic rings. The molecule has 6 heteroatoms. The van der Waals surface area contributed by atoms with Gasteiger partial charge in [-0.15, -0.1) is 0 Å². The third-order valence-corrected chi connectivity index (χ3v) is 6.82. The van der Waals surface area contributed by atoms with Crippen molar-refractivity contribution in [3.8, 4) is 0 Å². The molecule has 0 radical (unpaired) electrons. The summed E-state index contributed by atoms with van der Waals surface area (Å²) in [6.45, 7) is 6.93. The quantitative estimate of drug-likeness (QED) is 0.528. The van der Waals surface area contributed by atoms with Gasteiger partial charge in [-0.05, 0) is 72.7 Å². The van der Waals surface area contributed by atoms with Crippen molar-refractivity contribution in [2.24, 2.45) is 4.99 Å². The van der Waals surface area contributed by atoms with Crippen LogP contribution in [0.4, 0.5) is 4.39 Å². The van der Waals surface area contributed by atoms with Crippen LogP contribution < -0.4 is 10.6 Å². The minimum atomic E-state index is -0.156. The predicted molar refractivity (Wildman–Crippen MR) is 119 cm³/mol. The highest BCUT2D eigenvalue weighted by Crippen LogP contribution is 2.48. The van der Waals surface area contributed by atoms with Crippen molar-refractivity contribution < 1.29 is 4.39 Å². The van der Waals surface area contributed by atoms with Crippen molar-refractivity contribution >= 4 is 17.3 Å². The van der Waals surface area contributed by atoms with Gasteiger partial charge in [-0.1, -0.05) is 12.1 Å². The first kappa shape index (κ1) is 20.4.